The van der Waals surface area contributed by atoms with Crippen LogP contribution < -0.4 is 5.32 Å². The Kier molecular flexibility index (Phi) is 12.0. The van der Waals surface area contributed by atoms with Crippen LogP contribution in [0.25, 0.3) is 12.2 Å². The molecule has 0 aliphatic heterocycles. The lowest BCUT2D eigenvalue weighted by Gasteiger charge is -1.85. The number of hydrogen-bond donors (Lipinski definition) is 1. The molecular weight excluding hydrogens is 204 g/mol. The third-order valence-corrected chi connectivity index (χ3v) is 2.36. The monoisotopic (exact) mass is 226 g/mol. The second kappa shape index (κ2) is 11.0. The van der Waals surface area contributed by atoms with Gasteiger partial charge in [0.2, 0.25) is 0 Å². The summed E-state index contributed by atoms with van der Waals surface area (Å²) in [5.74, 6) is 0. The van der Waals surface area contributed by atoms with Crippen molar-refractivity contribution in [3.8, 4) is 0 Å². The molecule has 0 fully saturated rings. The summed E-state index contributed by atoms with van der Waals surface area (Å²) in [5.41, 5.74) is 0.898. The van der Waals surface area contributed by atoms with Gasteiger partial charge in [-0.25, -0.2) is 4.98 Å². The Morgan fingerprint density at radius 1 is 1.13 bits per heavy atom. The van der Waals surface area contributed by atoms with Crippen LogP contribution in [0.4, 0.5) is 5.13 Å². The van der Waals surface area contributed by atoms with E-state index in [4.69, 9.17) is 0 Å². The fraction of sp³-hybridized carbons (Fsp3) is 0.417. The van der Waals surface area contributed by atoms with Gasteiger partial charge in [0, 0.05) is 7.05 Å². The molecule has 0 bridgehead atoms. The summed E-state index contributed by atoms with van der Waals surface area (Å²) in [6.07, 6.45) is 3.52. The summed E-state index contributed by atoms with van der Waals surface area (Å²) in [5, 5.41) is 3.87. The van der Waals surface area contributed by atoms with Crippen molar-refractivity contribution in [1.29, 1.82) is 0 Å². The van der Waals surface area contributed by atoms with E-state index >= 15 is 0 Å². The van der Waals surface area contributed by atoms with E-state index in [1.807, 2.05) is 34.7 Å². The van der Waals surface area contributed by atoms with E-state index in [2.05, 4.69) is 23.5 Å². The third kappa shape index (κ3) is 5.37. The van der Waals surface area contributed by atoms with Gasteiger partial charge in [-0.2, -0.15) is 0 Å². The molecule has 1 aromatic rings. The molecule has 0 saturated carbocycles. The SMILES string of the molecule is C=Cc1nc(NC)sc1C=C.CC.CC. The van der Waals surface area contributed by atoms with E-state index in [0.29, 0.717) is 0 Å². The molecule has 86 valence electrons. The van der Waals surface area contributed by atoms with Crippen molar-refractivity contribution in [1.82, 2.24) is 4.98 Å². The summed E-state index contributed by atoms with van der Waals surface area (Å²) in [6, 6.07) is 0. The first-order chi connectivity index (χ1) is 7.31. The fourth-order valence-corrected chi connectivity index (χ4v) is 1.51. The van der Waals surface area contributed by atoms with Crippen molar-refractivity contribution in [2.45, 2.75) is 27.7 Å². The lowest BCUT2D eigenvalue weighted by Crippen LogP contribution is -1.84. The summed E-state index contributed by atoms with van der Waals surface area (Å²) >= 11 is 1.57. The molecule has 0 radical (unpaired) electrons. The van der Waals surface area contributed by atoms with Gasteiger partial charge in [-0.3, -0.25) is 0 Å². The van der Waals surface area contributed by atoms with Gasteiger partial charge < -0.3 is 5.32 Å². The molecule has 1 N–H and O–H groups in total. The van der Waals surface area contributed by atoms with Crippen molar-refractivity contribution in [3.63, 3.8) is 0 Å². The molecule has 0 unspecified atom stereocenters. The number of nitrogens with zero attached hydrogens (tertiary/aromatic N) is 1. The van der Waals surface area contributed by atoms with Crippen LogP contribution in [0.15, 0.2) is 13.2 Å². The summed E-state index contributed by atoms with van der Waals surface area (Å²) in [6.45, 7) is 15.3. The molecule has 0 amide bonds. The van der Waals surface area contributed by atoms with Crippen molar-refractivity contribution < 1.29 is 0 Å². The first kappa shape index (κ1) is 16.3. The predicted octanol–water partition coefficient (Wildman–Crippen LogP) is 4.52. The Morgan fingerprint density at radius 2 is 1.67 bits per heavy atom. The van der Waals surface area contributed by atoms with E-state index in [9.17, 15) is 0 Å². The first-order valence-corrected chi connectivity index (χ1v) is 6.07. The van der Waals surface area contributed by atoms with Gasteiger partial charge in [-0.15, -0.1) is 0 Å². The topological polar surface area (TPSA) is 24.9 Å². The van der Waals surface area contributed by atoms with Gasteiger partial charge in [0.25, 0.3) is 0 Å². The van der Waals surface area contributed by atoms with E-state index in [1.54, 1.807) is 23.5 Å². The Balaban J connectivity index is 0. The van der Waals surface area contributed by atoms with Gasteiger partial charge in [0.05, 0.1) is 10.6 Å². The molecule has 3 heteroatoms. The maximum atomic E-state index is 4.24. The Hall–Kier alpha value is -1.09. The van der Waals surface area contributed by atoms with Crippen molar-refractivity contribution >= 4 is 28.6 Å². The van der Waals surface area contributed by atoms with Crippen LogP contribution in [0, 0.1) is 0 Å². The third-order valence-electron chi connectivity index (χ3n) is 1.27. The van der Waals surface area contributed by atoms with Crippen molar-refractivity contribution in [3.05, 3.63) is 23.7 Å². The molecule has 0 spiro atoms. The quantitative estimate of drug-likeness (QED) is 0.819. The molecule has 2 nitrogen and oxygen atoms in total. The van der Waals surface area contributed by atoms with E-state index in [-0.39, 0.29) is 0 Å². The highest BCUT2D eigenvalue weighted by Gasteiger charge is 2.02. The van der Waals surface area contributed by atoms with Crippen molar-refractivity contribution in [2.75, 3.05) is 12.4 Å². The minimum atomic E-state index is 0.898. The second-order valence-electron chi connectivity index (χ2n) is 1.93. The van der Waals surface area contributed by atoms with Gasteiger partial charge >= 0.3 is 0 Å². The van der Waals surface area contributed by atoms with Crippen molar-refractivity contribution in [2.24, 2.45) is 0 Å². The van der Waals surface area contributed by atoms with Crippen LogP contribution in [0.5, 0.6) is 0 Å². The van der Waals surface area contributed by atoms with Crippen LogP contribution >= 0.6 is 11.3 Å². The summed E-state index contributed by atoms with van der Waals surface area (Å²) in [7, 11) is 1.85. The average molecular weight is 226 g/mol. The lowest BCUT2D eigenvalue weighted by molar-refractivity contribution is 1.34. The number of nitrogens with one attached hydrogen (secondary N) is 1. The zero-order chi connectivity index (χ0) is 12.3. The summed E-state index contributed by atoms with van der Waals surface area (Å²) < 4.78 is 0. The zero-order valence-corrected chi connectivity index (χ0v) is 11.2. The van der Waals surface area contributed by atoms with Crippen LogP contribution in [0.3, 0.4) is 0 Å². The van der Waals surface area contributed by atoms with E-state index < -0.39 is 0 Å². The highest BCUT2D eigenvalue weighted by atomic mass is 32.1. The van der Waals surface area contributed by atoms with Crippen LogP contribution in [-0.2, 0) is 0 Å². The van der Waals surface area contributed by atoms with Gasteiger partial charge in [-0.05, 0) is 12.2 Å². The first-order valence-electron chi connectivity index (χ1n) is 5.25. The molecule has 0 aliphatic carbocycles. The Morgan fingerprint density at radius 3 is 1.93 bits per heavy atom. The maximum Gasteiger partial charge on any atom is 0.183 e. The molecule has 0 aromatic carbocycles. The highest BCUT2D eigenvalue weighted by molar-refractivity contribution is 7.16. The molecule has 15 heavy (non-hydrogen) atoms. The van der Waals surface area contributed by atoms with Crippen LogP contribution in [0.1, 0.15) is 38.3 Å². The van der Waals surface area contributed by atoms with E-state index in [0.717, 1.165) is 15.7 Å². The molecule has 0 saturated heterocycles. The lowest BCUT2D eigenvalue weighted by atomic mass is 10.3. The summed E-state index contributed by atoms with van der Waals surface area (Å²) in [4.78, 5) is 5.30. The number of thiazole rings is 1. The van der Waals surface area contributed by atoms with Gasteiger partial charge in [-0.1, -0.05) is 52.2 Å². The molecule has 0 aliphatic rings. The van der Waals surface area contributed by atoms with Crippen LogP contribution in [0.2, 0.25) is 0 Å². The molecule has 0 atom stereocenters. The number of aromatic nitrogens is 1. The standard InChI is InChI=1S/C8H10N2S.2C2H6/c1-4-6-7(5-2)11-8(9-3)10-6;2*1-2/h4-5H,1-2H2,3H3,(H,9,10);2*1-2H3. The second-order valence-corrected chi connectivity index (χ2v) is 2.96. The zero-order valence-electron chi connectivity index (χ0n) is 10.4. The van der Waals surface area contributed by atoms with Gasteiger partial charge in [0.15, 0.2) is 5.13 Å². The molecule has 1 aromatic heterocycles. The predicted molar refractivity (Wildman–Crippen MR) is 74.5 cm³/mol. The molecule has 1 heterocycles. The van der Waals surface area contributed by atoms with Crippen LogP contribution in [-0.4, -0.2) is 12.0 Å². The number of anilines is 1. The highest BCUT2D eigenvalue weighted by Crippen LogP contribution is 2.23. The average Bonchev–Trinajstić information content (AvgIpc) is 2.76. The normalized spacial score (nSPS) is 7.53. The Labute approximate surface area is 97.8 Å². The fourth-order valence-electron chi connectivity index (χ4n) is 0.743. The largest absolute Gasteiger partial charge is 0.365 e. The van der Waals surface area contributed by atoms with Gasteiger partial charge in [0.1, 0.15) is 0 Å². The minimum Gasteiger partial charge on any atom is -0.365 e. The Bertz CT molecular complexity index is 252. The smallest absolute Gasteiger partial charge is 0.183 e. The van der Waals surface area contributed by atoms with E-state index in [1.165, 1.54) is 0 Å². The minimum absolute atomic E-state index is 0.898. The number of rotatable bonds is 3. The molecular formula is C12H22N2S. The maximum absolute atomic E-state index is 4.24. The number of hydrogen-bond acceptors (Lipinski definition) is 3. The molecule has 1 rings (SSSR count).